The summed E-state index contributed by atoms with van der Waals surface area (Å²) in [6.07, 6.45) is 2.78. The van der Waals surface area contributed by atoms with Crippen molar-refractivity contribution in [3.8, 4) is 0 Å². The maximum Gasteiger partial charge on any atom is 0.261 e. The first-order chi connectivity index (χ1) is 13.3. The van der Waals surface area contributed by atoms with Crippen LogP contribution in [0, 0.1) is 0 Å². The summed E-state index contributed by atoms with van der Waals surface area (Å²) in [6, 6.07) is 3.97. The predicted molar refractivity (Wildman–Crippen MR) is 107 cm³/mol. The molecule has 0 radical (unpaired) electrons. The summed E-state index contributed by atoms with van der Waals surface area (Å²) in [5, 5.41) is 4.12. The molecule has 0 bridgehead atoms. The molecule has 2 fully saturated rings. The van der Waals surface area contributed by atoms with Crippen LogP contribution in [0.5, 0.6) is 0 Å². The van der Waals surface area contributed by atoms with E-state index >= 15 is 0 Å². The lowest BCUT2D eigenvalue weighted by molar-refractivity contribution is 0.0374. The van der Waals surface area contributed by atoms with Crippen LogP contribution in [0.25, 0.3) is 10.1 Å². The summed E-state index contributed by atoms with van der Waals surface area (Å²) >= 11 is 1.53. The van der Waals surface area contributed by atoms with Gasteiger partial charge in [-0.25, -0.2) is 4.98 Å². The molecule has 0 saturated carbocycles. The van der Waals surface area contributed by atoms with Crippen LogP contribution in [0.4, 0.5) is 5.82 Å². The van der Waals surface area contributed by atoms with Crippen LogP contribution in [0.2, 0.25) is 0 Å². The molecule has 0 aliphatic carbocycles. The van der Waals surface area contributed by atoms with Crippen LogP contribution < -0.4 is 10.2 Å². The monoisotopic (exact) mass is 390 g/mol. The molecular formula is C19H26N4O3S. The van der Waals surface area contributed by atoms with Gasteiger partial charge in [-0.1, -0.05) is 0 Å². The zero-order valence-electron chi connectivity index (χ0n) is 15.5. The first kappa shape index (κ1) is 18.6. The van der Waals surface area contributed by atoms with E-state index in [1.165, 1.54) is 11.3 Å². The number of rotatable bonds is 6. The second-order valence-corrected chi connectivity index (χ2v) is 7.90. The minimum Gasteiger partial charge on any atom is -0.379 e. The number of carbonyl (C=O) groups excluding carboxylic acids is 1. The van der Waals surface area contributed by atoms with Gasteiger partial charge >= 0.3 is 0 Å². The highest BCUT2D eigenvalue weighted by Gasteiger charge is 2.18. The number of aromatic nitrogens is 1. The van der Waals surface area contributed by atoms with Crippen molar-refractivity contribution in [3.63, 3.8) is 0 Å². The SMILES string of the molecule is O=C(NCCCN1CCOCC1)c1cc2c(N3CCOCC3)nccc2s1. The number of nitrogens with zero attached hydrogens (tertiary/aromatic N) is 3. The van der Waals surface area contributed by atoms with Gasteiger partial charge in [0.15, 0.2) is 0 Å². The Morgan fingerprint density at radius 1 is 1.15 bits per heavy atom. The van der Waals surface area contributed by atoms with E-state index in [2.05, 4.69) is 20.1 Å². The number of amides is 1. The fraction of sp³-hybridized carbons (Fsp3) is 0.579. The van der Waals surface area contributed by atoms with E-state index in [4.69, 9.17) is 9.47 Å². The van der Waals surface area contributed by atoms with Crippen molar-refractivity contribution in [2.75, 3.05) is 70.6 Å². The van der Waals surface area contributed by atoms with Crippen molar-refractivity contribution in [3.05, 3.63) is 23.2 Å². The molecule has 7 nitrogen and oxygen atoms in total. The minimum atomic E-state index is 0.00565. The number of carbonyl (C=O) groups is 1. The highest BCUT2D eigenvalue weighted by molar-refractivity contribution is 7.20. The molecule has 146 valence electrons. The van der Waals surface area contributed by atoms with Crippen LogP contribution in [0.3, 0.4) is 0 Å². The lowest BCUT2D eigenvalue weighted by atomic mass is 10.2. The molecule has 4 heterocycles. The number of hydrogen-bond acceptors (Lipinski definition) is 7. The van der Waals surface area contributed by atoms with Gasteiger partial charge in [0.05, 0.1) is 31.3 Å². The van der Waals surface area contributed by atoms with Crippen LogP contribution in [0.1, 0.15) is 16.1 Å². The summed E-state index contributed by atoms with van der Waals surface area (Å²) in [4.78, 5) is 22.5. The van der Waals surface area contributed by atoms with Crippen molar-refractivity contribution in [1.29, 1.82) is 0 Å². The summed E-state index contributed by atoms with van der Waals surface area (Å²) in [7, 11) is 0. The Morgan fingerprint density at radius 3 is 2.67 bits per heavy atom. The molecular weight excluding hydrogens is 364 g/mol. The molecule has 0 aromatic carbocycles. The molecule has 2 aromatic rings. The summed E-state index contributed by atoms with van der Waals surface area (Å²) in [5.41, 5.74) is 0. The zero-order valence-corrected chi connectivity index (χ0v) is 16.3. The highest BCUT2D eigenvalue weighted by atomic mass is 32.1. The average molecular weight is 391 g/mol. The Balaban J connectivity index is 1.35. The fourth-order valence-corrected chi connectivity index (χ4v) is 4.47. The van der Waals surface area contributed by atoms with E-state index < -0.39 is 0 Å². The largest absolute Gasteiger partial charge is 0.379 e. The van der Waals surface area contributed by atoms with E-state index in [1.807, 2.05) is 18.3 Å². The number of morpholine rings is 2. The van der Waals surface area contributed by atoms with Gasteiger partial charge in [0.1, 0.15) is 5.82 Å². The van der Waals surface area contributed by atoms with Crippen molar-refractivity contribution >= 4 is 33.1 Å². The summed E-state index contributed by atoms with van der Waals surface area (Å²) in [6.45, 7) is 8.41. The van der Waals surface area contributed by atoms with E-state index in [0.717, 1.165) is 86.4 Å². The van der Waals surface area contributed by atoms with Crippen LogP contribution >= 0.6 is 11.3 Å². The lowest BCUT2D eigenvalue weighted by Crippen LogP contribution is -2.38. The number of fused-ring (bicyclic) bond motifs is 1. The summed E-state index contributed by atoms with van der Waals surface area (Å²) < 4.78 is 11.9. The third kappa shape index (κ3) is 4.57. The Bertz CT molecular complexity index is 769. The van der Waals surface area contributed by atoms with Gasteiger partial charge in [0.2, 0.25) is 0 Å². The Hall–Kier alpha value is -1.74. The zero-order chi connectivity index (χ0) is 18.5. The minimum absolute atomic E-state index is 0.00565. The molecule has 1 N–H and O–H groups in total. The quantitative estimate of drug-likeness (QED) is 0.756. The molecule has 2 aromatic heterocycles. The molecule has 2 aliphatic rings. The van der Waals surface area contributed by atoms with Gasteiger partial charge in [-0.15, -0.1) is 11.3 Å². The summed E-state index contributed by atoms with van der Waals surface area (Å²) in [5.74, 6) is 0.963. The van der Waals surface area contributed by atoms with Gasteiger partial charge in [-0.05, 0) is 25.1 Å². The van der Waals surface area contributed by atoms with Crippen LogP contribution in [0.15, 0.2) is 18.3 Å². The van der Waals surface area contributed by atoms with Crippen molar-refractivity contribution < 1.29 is 14.3 Å². The second-order valence-electron chi connectivity index (χ2n) is 6.82. The molecule has 0 atom stereocenters. The van der Waals surface area contributed by atoms with E-state index in [9.17, 15) is 4.79 Å². The third-order valence-corrected chi connectivity index (χ3v) is 6.10. The van der Waals surface area contributed by atoms with Crippen molar-refractivity contribution in [2.24, 2.45) is 0 Å². The van der Waals surface area contributed by atoms with E-state index in [-0.39, 0.29) is 5.91 Å². The highest BCUT2D eigenvalue weighted by Crippen LogP contribution is 2.32. The normalized spacial score (nSPS) is 18.7. The second kappa shape index (κ2) is 8.97. The maximum absolute atomic E-state index is 12.6. The molecule has 1 amide bonds. The lowest BCUT2D eigenvalue weighted by Gasteiger charge is -2.28. The molecule has 2 saturated heterocycles. The predicted octanol–water partition coefficient (Wildman–Crippen LogP) is 1.59. The number of nitrogens with one attached hydrogen (secondary N) is 1. The first-order valence-electron chi connectivity index (χ1n) is 9.61. The third-order valence-electron chi connectivity index (χ3n) is 5.00. The van der Waals surface area contributed by atoms with Gasteiger partial charge in [-0.3, -0.25) is 9.69 Å². The van der Waals surface area contributed by atoms with Gasteiger partial charge in [0, 0.05) is 49.0 Å². The van der Waals surface area contributed by atoms with E-state index in [0.29, 0.717) is 6.54 Å². The van der Waals surface area contributed by atoms with Crippen LogP contribution in [-0.2, 0) is 9.47 Å². The molecule has 8 heteroatoms. The number of hydrogen-bond donors (Lipinski definition) is 1. The fourth-order valence-electron chi connectivity index (χ4n) is 3.50. The molecule has 0 spiro atoms. The number of thiophene rings is 1. The molecule has 4 rings (SSSR count). The molecule has 2 aliphatic heterocycles. The number of anilines is 1. The standard InChI is InChI=1S/C19H26N4O3S/c24-19(21-3-1-5-22-6-10-25-11-7-22)17-14-15-16(27-17)2-4-20-18(15)23-8-12-26-13-9-23/h2,4,14H,1,3,5-13H2,(H,21,24). The number of ether oxygens (including phenoxy) is 2. The molecule has 27 heavy (non-hydrogen) atoms. The van der Waals surface area contributed by atoms with E-state index in [1.54, 1.807) is 0 Å². The number of pyridine rings is 1. The van der Waals surface area contributed by atoms with Crippen molar-refractivity contribution in [2.45, 2.75) is 6.42 Å². The smallest absolute Gasteiger partial charge is 0.261 e. The van der Waals surface area contributed by atoms with Crippen molar-refractivity contribution in [1.82, 2.24) is 15.2 Å². The van der Waals surface area contributed by atoms with Gasteiger partial charge in [0.25, 0.3) is 5.91 Å². The Kier molecular flexibility index (Phi) is 6.18. The van der Waals surface area contributed by atoms with Gasteiger partial charge in [-0.2, -0.15) is 0 Å². The van der Waals surface area contributed by atoms with Crippen LogP contribution in [-0.4, -0.2) is 81.5 Å². The topological polar surface area (TPSA) is 66.9 Å². The molecule has 0 unspecified atom stereocenters. The maximum atomic E-state index is 12.6. The Morgan fingerprint density at radius 2 is 1.89 bits per heavy atom. The average Bonchev–Trinajstić information content (AvgIpc) is 3.17. The first-order valence-corrected chi connectivity index (χ1v) is 10.4. The Labute approximate surface area is 163 Å². The van der Waals surface area contributed by atoms with Gasteiger partial charge < -0.3 is 19.7 Å².